The number of nitrogens with zero attached hydrogens (tertiary/aromatic N) is 1. The van der Waals surface area contributed by atoms with Crippen molar-refractivity contribution < 1.29 is 9.53 Å². The highest BCUT2D eigenvalue weighted by atomic mass is 32.1. The first-order chi connectivity index (χ1) is 9.70. The van der Waals surface area contributed by atoms with E-state index >= 15 is 0 Å². The van der Waals surface area contributed by atoms with Gasteiger partial charge in [0.15, 0.2) is 10.8 Å². The van der Waals surface area contributed by atoms with Crippen LogP contribution in [0.25, 0.3) is 0 Å². The highest BCUT2D eigenvalue weighted by Crippen LogP contribution is 2.25. The van der Waals surface area contributed by atoms with E-state index in [2.05, 4.69) is 10.3 Å². The van der Waals surface area contributed by atoms with E-state index < -0.39 is 0 Å². The summed E-state index contributed by atoms with van der Waals surface area (Å²) in [5.74, 6) is -0.368. The molecule has 0 aliphatic carbocycles. The SMILES string of the molecule is CC.CCOC(=O)c1nc(Nc2ccccc2)sc1C. The van der Waals surface area contributed by atoms with E-state index in [0.29, 0.717) is 17.4 Å². The molecule has 4 nitrogen and oxygen atoms in total. The summed E-state index contributed by atoms with van der Waals surface area (Å²) in [7, 11) is 0. The fraction of sp³-hybridized carbons (Fsp3) is 0.333. The Balaban J connectivity index is 0.000000956. The van der Waals surface area contributed by atoms with Gasteiger partial charge in [-0.25, -0.2) is 9.78 Å². The van der Waals surface area contributed by atoms with Crippen molar-refractivity contribution in [1.29, 1.82) is 0 Å². The Kier molecular flexibility index (Phi) is 6.73. The number of para-hydroxylation sites is 1. The van der Waals surface area contributed by atoms with Gasteiger partial charge in [0.1, 0.15) is 0 Å². The van der Waals surface area contributed by atoms with E-state index in [4.69, 9.17) is 4.74 Å². The average Bonchev–Trinajstić information content (AvgIpc) is 2.83. The van der Waals surface area contributed by atoms with Crippen molar-refractivity contribution in [3.8, 4) is 0 Å². The molecule has 1 heterocycles. The molecule has 0 radical (unpaired) electrons. The zero-order valence-electron chi connectivity index (χ0n) is 12.3. The van der Waals surface area contributed by atoms with Crippen molar-refractivity contribution in [2.24, 2.45) is 0 Å². The number of carbonyl (C=O) groups excluding carboxylic acids is 1. The van der Waals surface area contributed by atoms with Gasteiger partial charge in [0.2, 0.25) is 0 Å². The Hall–Kier alpha value is -1.88. The fourth-order valence-electron chi connectivity index (χ4n) is 1.48. The molecular formula is C15H20N2O2S. The van der Waals surface area contributed by atoms with Gasteiger partial charge >= 0.3 is 5.97 Å². The Morgan fingerprint density at radius 1 is 1.30 bits per heavy atom. The van der Waals surface area contributed by atoms with Gasteiger partial charge in [-0.1, -0.05) is 32.0 Å². The molecule has 0 saturated heterocycles. The molecule has 0 amide bonds. The number of aryl methyl sites for hydroxylation is 1. The first kappa shape index (κ1) is 16.2. The lowest BCUT2D eigenvalue weighted by Gasteiger charge is -2.00. The minimum atomic E-state index is -0.368. The van der Waals surface area contributed by atoms with Gasteiger partial charge in [0, 0.05) is 10.6 Å². The summed E-state index contributed by atoms with van der Waals surface area (Å²) in [5.41, 5.74) is 1.34. The molecule has 1 aromatic carbocycles. The molecule has 2 aromatic rings. The molecule has 0 bridgehead atoms. The number of carbonyl (C=O) groups is 1. The van der Waals surface area contributed by atoms with Crippen LogP contribution in [0, 0.1) is 6.92 Å². The minimum absolute atomic E-state index is 0.358. The van der Waals surface area contributed by atoms with E-state index in [1.807, 2.05) is 51.1 Å². The number of rotatable bonds is 4. The molecule has 0 aliphatic heterocycles. The second-order valence-electron chi connectivity index (χ2n) is 3.64. The third-order valence-corrected chi connectivity index (χ3v) is 3.18. The van der Waals surface area contributed by atoms with E-state index in [0.717, 1.165) is 10.6 Å². The van der Waals surface area contributed by atoms with Crippen LogP contribution in [0.1, 0.15) is 36.1 Å². The maximum absolute atomic E-state index is 11.6. The van der Waals surface area contributed by atoms with E-state index in [1.165, 1.54) is 11.3 Å². The molecule has 0 saturated carbocycles. The number of nitrogens with one attached hydrogen (secondary N) is 1. The summed E-state index contributed by atoms with van der Waals surface area (Å²) in [5, 5.41) is 3.86. The molecule has 0 spiro atoms. The van der Waals surface area contributed by atoms with Crippen molar-refractivity contribution in [2.45, 2.75) is 27.7 Å². The van der Waals surface area contributed by atoms with E-state index in [1.54, 1.807) is 6.92 Å². The molecule has 0 aliphatic rings. The van der Waals surface area contributed by atoms with Crippen LogP contribution in [0.3, 0.4) is 0 Å². The summed E-state index contributed by atoms with van der Waals surface area (Å²) in [6.07, 6.45) is 0. The van der Waals surface area contributed by atoms with Crippen molar-refractivity contribution in [3.63, 3.8) is 0 Å². The number of thiazole rings is 1. The van der Waals surface area contributed by atoms with Crippen LogP contribution in [0.4, 0.5) is 10.8 Å². The standard InChI is InChI=1S/C13H14N2O2S.C2H6/c1-3-17-12(16)11-9(2)18-13(15-11)14-10-7-5-4-6-8-10;1-2/h4-8H,3H2,1-2H3,(H,14,15);1-2H3. The second kappa shape index (κ2) is 8.32. The van der Waals surface area contributed by atoms with Crippen molar-refractivity contribution in [1.82, 2.24) is 4.98 Å². The van der Waals surface area contributed by atoms with Crippen LogP contribution in [0.5, 0.6) is 0 Å². The second-order valence-corrected chi connectivity index (χ2v) is 4.84. The predicted molar refractivity (Wildman–Crippen MR) is 83.9 cm³/mol. The molecule has 0 fully saturated rings. The third-order valence-electron chi connectivity index (χ3n) is 2.29. The van der Waals surface area contributed by atoms with Crippen LogP contribution in [0.2, 0.25) is 0 Å². The van der Waals surface area contributed by atoms with Crippen LogP contribution in [-0.2, 0) is 4.74 Å². The highest BCUT2D eigenvalue weighted by molar-refractivity contribution is 7.15. The Morgan fingerprint density at radius 3 is 2.55 bits per heavy atom. The number of esters is 1. The summed E-state index contributed by atoms with van der Waals surface area (Å²) in [6, 6.07) is 9.72. The van der Waals surface area contributed by atoms with Gasteiger partial charge in [-0.05, 0) is 26.0 Å². The van der Waals surface area contributed by atoms with Crippen LogP contribution in [-0.4, -0.2) is 17.6 Å². The largest absolute Gasteiger partial charge is 0.461 e. The fourth-order valence-corrected chi connectivity index (χ4v) is 2.31. The van der Waals surface area contributed by atoms with Crippen LogP contribution >= 0.6 is 11.3 Å². The zero-order chi connectivity index (χ0) is 15.0. The molecule has 5 heteroatoms. The molecule has 20 heavy (non-hydrogen) atoms. The average molecular weight is 292 g/mol. The lowest BCUT2D eigenvalue weighted by atomic mass is 10.3. The van der Waals surface area contributed by atoms with Crippen molar-refractivity contribution in [3.05, 3.63) is 40.9 Å². The summed E-state index contributed by atoms with van der Waals surface area (Å²) < 4.78 is 4.95. The summed E-state index contributed by atoms with van der Waals surface area (Å²) in [6.45, 7) is 8.00. The molecular weight excluding hydrogens is 272 g/mol. The van der Waals surface area contributed by atoms with Crippen molar-refractivity contribution >= 4 is 28.1 Å². The van der Waals surface area contributed by atoms with Gasteiger partial charge in [-0.3, -0.25) is 0 Å². The quantitative estimate of drug-likeness (QED) is 0.849. The van der Waals surface area contributed by atoms with E-state index in [9.17, 15) is 4.79 Å². The van der Waals surface area contributed by atoms with Crippen LogP contribution < -0.4 is 5.32 Å². The monoisotopic (exact) mass is 292 g/mol. The molecule has 108 valence electrons. The number of hydrogen-bond donors (Lipinski definition) is 1. The highest BCUT2D eigenvalue weighted by Gasteiger charge is 2.16. The zero-order valence-corrected chi connectivity index (χ0v) is 13.1. The van der Waals surface area contributed by atoms with Gasteiger partial charge in [-0.15, -0.1) is 11.3 Å². The first-order valence-corrected chi connectivity index (χ1v) is 7.49. The lowest BCUT2D eigenvalue weighted by molar-refractivity contribution is 0.0519. The third kappa shape index (κ3) is 4.35. The molecule has 2 rings (SSSR count). The number of hydrogen-bond acceptors (Lipinski definition) is 5. The summed E-state index contributed by atoms with van der Waals surface area (Å²) in [4.78, 5) is 16.7. The maximum Gasteiger partial charge on any atom is 0.358 e. The maximum atomic E-state index is 11.6. The summed E-state index contributed by atoms with van der Waals surface area (Å²) >= 11 is 1.44. The Bertz CT molecular complexity index is 538. The lowest BCUT2D eigenvalue weighted by Crippen LogP contribution is -2.06. The molecule has 1 aromatic heterocycles. The van der Waals surface area contributed by atoms with Gasteiger partial charge in [0.05, 0.1) is 6.61 Å². The number of ether oxygens (including phenoxy) is 1. The van der Waals surface area contributed by atoms with Crippen LogP contribution in [0.15, 0.2) is 30.3 Å². The first-order valence-electron chi connectivity index (χ1n) is 6.67. The molecule has 0 unspecified atom stereocenters. The molecule has 0 atom stereocenters. The Morgan fingerprint density at radius 2 is 1.95 bits per heavy atom. The van der Waals surface area contributed by atoms with Gasteiger partial charge in [0.25, 0.3) is 0 Å². The van der Waals surface area contributed by atoms with Gasteiger partial charge in [-0.2, -0.15) is 0 Å². The predicted octanol–water partition coefficient (Wildman–Crippen LogP) is 4.40. The van der Waals surface area contributed by atoms with Crippen molar-refractivity contribution in [2.75, 3.05) is 11.9 Å². The van der Waals surface area contributed by atoms with Gasteiger partial charge < -0.3 is 10.1 Å². The minimum Gasteiger partial charge on any atom is -0.461 e. The molecule has 1 N–H and O–H groups in total. The topological polar surface area (TPSA) is 51.2 Å². The Labute approximate surface area is 123 Å². The van der Waals surface area contributed by atoms with E-state index in [-0.39, 0.29) is 5.97 Å². The smallest absolute Gasteiger partial charge is 0.358 e. The normalized spacial score (nSPS) is 9.40. The number of anilines is 2. The number of aromatic nitrogens is 1. The number of benzene rings is 1.